The van der Waals surface area contributed by atoms with Gasteiger partial charge < -0.3 is 81.5 Å². The van der Waals surface area contributed by atoms with Crippen LogP contribution in [0.2, 0.25) is 0 Å². The van der Waals surface area contributed by atoms with Crippen molar-refractivity contribution in [1.82, 2.24) is 57.2 Å². The van der Waals surface area contributed by atoms with Gasteiger partial charge in [0.1, 0.15) is 17.3 Å². The highest BCUT2D eigenvalue weighted by Gasteiger charge is 2.43. The minimum Gasteiger partial charge on any atom is -0.491 e. The molecule has 2 aromatic carbocycles. The lowest BCUT2D eigenvalue weighted by Crippen LogP contribution is -2.36. The molecule has 2 saturated heterocycles. The Balaban J connectivity index is 0.000000261. The van der Waals surface area contributed by atoms with Gasteiger partial charge in [-0.3, -0.25) is 48.3 Å². The normalized spacial score (nSPS) is 16.1. The van der Waals surface area contributed by atoms with Crippen molar-refractivity contribution in [3.05, 3.63) is 131 Å². The average molecular weight is 1500 g/mol. The summed E-state index contributed by atoms with van der Waals surface area (Å²) in [5.41, 5.74) is 15.9. The number of carbonyl (C=O) groups is 9. The SMILES string of the molecule is C=CC(=O)Nc1cc(-c2cc3c(cn2)CCc2c-3[nH]c3c2C(=O)NCC3)ccc1OCCCNC(=O)CCCC(=O)CCCCOCCOCCOCCCNC(=O)CCCC[C@H]1SC[C@H]2NC(=O)N[C@H]21.C=CC(=O)Nc1cc(-c2cc3c(cn2)CCc2c-3[nH]c3c2C(=O)NCC3)ccc1OCCCNC(C)=O. The van der Waals surface area contributed by atoms with Crippen LogP contribution in [0.3, 0.4) is 0 Å². The zero-order valence-electron chi connectivity index (χ0n) is 61.4. The molecule has 27 nitrogen and oxygen atoms in total. The van der Waals surface area contributed by atoms with Crippen LogP contribution >= 0.6 is 11.8 Å². The summed E-state index contributed by atoms with van der Waals surface area (Å²) >= 11 is 1.90. The number of amides is 9. The molecule has 4 aromatic heterocycles. The summed E-state index contributed by atoms with van der Waals surface area (Å²) in [4.78, 5) is 126. The molecule has 12 rings (SSSR count). The molecule has 28 heteroatoms. The molecule has 2 aliphatic carbocycles. The minimum absolute atomic E-state index is 0.00764. The quantitative estimate of drug-likeness (QED) is 0.00975. The summed E-state index contributed by atoms with van der Waals surface area (Å²) in [6.45, 7) is 15.0. The van der Waals surface area contributed by atoms with E-state index in [1.165, 1.54) is 19.1 Å². The number of nitrogens with one attached hydrogen (secondary N) is 11. The number of Topliss-reactive ketones (excluding diaryl/α,β-unsaturated/α-hetero) is 1. The number of aromatic nitrogens is 4. The lowest BCUT2D eigenvalue weighted by Gasteiger charge is -2.19. The van der Waals surface area contributed by atoms with Crippen molar-refractivity contribution in [3.63, 3.8) is 0 Å². The number of aryl methyl sites for hydroxylation is 2. The predicted molar refractivity (Wildman–Crippen MR) is 412 cm³/mol. The van der Waals surface area contributed by atoms with Gasteiger partial charge in [0.05, 0.1) is 97.0 Å². The maximum absolute atomic E-state index is 12.7. The predicted octanol–water partition coefficient (Wildman–Crippen LogP) is 8.49. The van der Waals surface area contributed by atoms with Crippen molar-refractivity contribution >= 4 is 76.3 Å². The van der Waals surface area contributed by atoms with Crippen molar-refractivity contribution in [2.75, 3.05) is 102 Å². The fourth-order valence-electron chi connectivity index (χ4n) is 14.2. The van der Waals surface area contributed by atoms with E-state index in [0.29, 0.717) is 158 Å². The first-order chi connectivity index (χ1) is 52.6. The van der Waals surface area contributed by atoms with E-state index in [4.69, 9.17) is 33.7 Å². The third-order valence-corrected chi connectivity index (χ3v) is 21.2. The number of unbranched alkanes of at least 4 members (excludes halogenated alkanes) is 2. The van der Waals surface area contributed by atoms with E-state index in [2.05, 4.69) is 71.0 Å². The van der Waals surface area contributed by atoms with Crippen LogP contribution in [0.5, 0.6) is 11.5 Å². The van der Waals surface area contributed by atoms with E-state index in [1.54, 1.807) is 12.1 Å². The van der Waals surface area contributed by atoms with Gasteiger partial charge in [0.15, 0.2) is 0 Å². The Bertz CT molecular complexity index is 4270. The lowest BCUT2D eigenvalue weighted by molar-refractivity contribution is -0.122. The van der Waals surface area contributed by atoms with E-state index in [9.17, 15) is 43.2 Å². The Labute approximate surface area is 633 Å². The number of rotatable bonds is 40. The van der Waals surface area contributed by atoms with Crippen molar-refractivity contribution in [3.8, 4) is 56.5 Å². The largest absolute Gasteiger partial charge is 0.491 e. The maximum Gasteiger partial charge on any atom is 0.315 e. The average Bonchev–Trinajstić information content (AvgIpc) is 1.59. The summed E-state index contributed by atoms with van der Waals surface area (Å²) < 4.78 is 28.7. The number of hydrogen-bond donors (Lipinski definition) is 11. The van der Waals surface area contributed by atoms with Crippen molar-refractivity contribution in [1.29, 1.82) is 0 Å². The second-order valence-electron chi connectivity index (χ2n) is 27.4. The molecule has 0 bridgehead atoms. The number of hydrogen-bond acceptors (Lipinski definition) is 17. The second kappa shape index (κ2) is 39.6. The molecule has 108 heavy (non-hydrogen) atoms. The van der Waals surface area contributed by atoms with E-state index in [0.717, 1.165) is 167 Å². The molecule has 6 aromatic rings. The Morgan fingerprint density at radius 3 is 1.57 bits per heavy atom. The molecule has 0 unspecified atom stereocenters. The number of nitrogens with zero attached hydrogens (tertiary/aromatic N) is 2. The van der Waals surface area contributed by atoms with Gasteiger partial charge in [0.2, 0.25) is 29.5 Å². The Kier molecular flexibility index (Phi) is 28.9. The molecule has 3 atom stereocenters. The van der Waals surface area contributed by atoms with Gasteiger partial charge in [0, 0.05) is 148 Å². The zero-order valence-corrected chi connectivity index (χ0v) is 62.2. The monoisotopic (exact) mass is 1500 g/mol. The molecule has 574 valence electrons. The molecule has 0 radical (unpaired) electrons. The topological polar surface area (TPSA) is 365 Å². The number of ether oxygens (including phenoxy) is 5. The third kappa shape index (κ3) is 21.6. The summed E-state index contributed by atoms with van der Waals surface area (Å²) in [7, 11) is 0. The van der Waals surface area contributed by atoms with Crippen molar-refractivity contribution < 1.29 is 66.8 Å². The molecule has 0 spiro atoms. The summed E-state index contributed by atoms with van der Waals surface area (Å²) in [6.07, 6.45) is 19.2. The van der Waals surface area contributed by atoms with Gasteiger partial charge >= 0.3 is 6.03 Å². The maximum atomic E-state index is 12.7. The van der Waals surface area contributed by atoms with Gasteiger partial charge in [-0.05, 0) is 160 Å². The highest BCUT2D eigenvalue weighted by molar-refractivity contribution is 8.00. The van der Waals surface area contributed by atoms with Crippen molar-refractivity contribution in [2.24, 2.45) is 0 Å². The summed E-state index contributed by atoms with van der Waals surface area (Å²) in [6, 6.07) is 15.5. The van der Waals surface area contributed by atoms with Crippen LogP contribution in [0.4, 0.5) is 16.2 Å². The molecule has 6 aliphatic rings. The van der Waals surface area contributed by atoms with Crippen molar-refractivity contribution in [2.45, 2.75) is 146 Å². The standard InChI is InChI=1S/C52H70N8O10S.C28H29N5O4/c1-2-45(62)57-41-30-34(40-31-38-35(32-56-40)15-17-37-48-39(58-49(37)38)19-22-55-51(48)65)16-18-43(41)70-25-9-21-54-47(64)14-7-11-36(61)10-5-6-23-67-26-28-69-29-27-68-24-8-20-53-46(63)13-4-3-12-44-50-42(33-71-44)59-52(66)60-50;1-3-25(35)32-23-13-17(6-8-24(23)37-12-4-10-29-16(2)34)22-14-20-18(15-31-22)5-7-19-26-21(33-27(19)20)9-11-30-28(26)36/h2,16,18,30-32,42,44,50,58H,1,3-15,17,19-29,33H2,(H,53,63)(H,54,64)(H,55,65)(H,57,62)(H2,59,60,66);3,6,8,13-15,33H,1,4-5,7,9-12H2,2H3,(H,29,34)(H,30,36)(H,32,35)/t42-,44-,50-;/m1./s1. The number of H-pyrrole nitrogens is 2. The van der Waals surface area contributed by atoms with Gasteiger partial charge in [-0.25, -0.2) is 4.79 Å². The first-order valence-corrected chi connectivity index (χ1v) is 38.8. The molecular formula is C80H99N13O14S. The Morgan fingerprint density at radius 2 is 1.04 bits per heavy atom. The lowest BCUT2D eigenvalue weighted by atomic mass is 9.88. The van der Waals surface area contributed by atoms with Crippen LogP contribution in [-0.4, -0.2) is 182 Å². The molecule has 4 aliphatic heterocycles. The molecule has 8 heterocycles. The van der Waals surface area contributed by atoms with Gasteiger partial charge in [-0.1, -0.05) is 19.6 Å². The fourth-order valence-corrected chi connectivity index (χ4v) is 15.7. The van der Waals surface area contributed by atoms with Crippen LogP contribution in [0.15, 0.2) is 86.2 Å². The summed E-state index contributed by atoms with van der Waals surface area (Å²) in [5.74, 6) is 1.17. The molecular weight excluding hydrogens is 1400 g/mol. The first-order valence-electron chi connectivity index (χ1n) is 37.8. The molecule has 0 saturated carbocycles. The van der Waals surface area contributed by atoms with E-state index >= 15 is 0 Å². The van der Waals surface area contributed by atoms with Crippen LogP contribution in [0.1, 0.15) is 145 Å². The number of benzene rings is 2. The summed E-state index contributed by atoms with van der Waals surface area (Å²) in [5, 5.41) is 26.5. The highest BCUT2D eigenvalue weighted by Crippen LogP contribution is 2.42. The van der Waals surface area contributed by atoms with Crippen LogP contribution in [-0.2, 0) is 81.5 Å². The molecule has 11 N–H and O–H groups in total. The Morgan fingerprint density at radius 1 is 0.546 bits per heavy atom. The third-order valence-electron chi connectivity index (χ3n) is 19.7. The van der Waals surface area contributed by atoms with E-state index < -0.39 is 0 Å². The number of urea groups is 1. The Hall–Kier alpha value is -10.2. The number of fused-ring (bicyclic) bond motifs is 11. The second-order valence-corrected chi connectivity index (χ2v) is 28.7. The zero-order chi connectivity index (χ0) is 75.7. The molecule has 9 amide bonds. The number of thioether (sulfide) groups is 1. The number of carbonyl (C=O) groups excluding carboxylic acids is 9. The first kappa shape index (κ1) is 78.9. The fraction of sp³-hybridized carbons (Fsp3) is 0.463. The number of aromatic amines is 2. The van der Waals surface area contributed by atoms with Crippen LogP contribution in [0, 0.1) is 0 Å². The minimum atomic E-state index is -0.383. The molecule has 2 fully saturated rings. The number of pyridine rings is 2. The van der Waals surface area contributed by atoms with Gasteiger partial charge in [-0.15, -0.1) is 0 Å². The van der Waals surface area contributed by atoms with Crippen LogP contribution < -0.4 is 57.3 Å². The number of anilines is 2. The van der Waals surface area contributed by atoms with Crippen LogP contribution in [0.25, 0.3) is 45.0 Å². The highest BCUT2D eigenvalue weighted by atomic mass is 32.2. The smallest absolute Gasteiger partial charge is 0.315 e. The van der Waals surface area contributed by atoms with Gasteiger partial charge in [0.25, 0.3) is 11.8 Å². The van der Waals surface area contributed by atoms with Gasteiger partial charge in [-0.2, -0.15) is 11.8 Å². The number of ketones is 1. The van der Waals surface area contributed by atoms with E-state index in [1.807, 2.05) is 60.6 Å². The van der Waals surface area contributed by atoms with E-state index in [-0.39, 0.29) is 71.7 Å².